The van der Waals surface area contributed by atoms with Crippen LogP contribution >= 0.6 is 11.6 Å². The van der Waals surface area contributed by atoms with Crippen molar-refractivity contribution in [3.63, 3.8) is 0 Å². The Morgan fingerprint density at radius 2 is 2.09 bits per heavy atom. The summed E-state index contributed by atoms with van der Waals surface area (Å²) < 4.78 is 21.2. The van der Waals surface area contributed by atoms with Crippen LogP contribution in [0.15, 0.2) is 23.0 Å². The minimum atomic E-state index is -0.967. The van der Waals surface area contributed by atoms with E-state index in [1.165, 1.54) is 23.9 Å². The van der Waals surface area contributed by atoms with Crippen molar-refractivity contribution in [2.24, 2.45) is 5.92 Å². The third kappa shape index (κ3) is 3.53. The first-order chi connectivity index (χ1) is 15.8. The first kappa shape index (κ1) is 21.7. The number of benzene rings is 1. The molecule has 1 aromatic carbocycles. The van der Waals surface area contributed by atoms with Gasteiger partial charge in [-0.05, 0) is 24.8 Å². The monoisotopic (exact) mass is 476 g/mol. The summed E-state index contributed by atoms with van der Waals surface area (Å²) in [6, 6.07) is 4.40. The fourth-order valence-electron chi connectivity index (χ4n) is 4.45. The number of ether oxygens (including phenoxy) is 1. The smallest absolute Gasteiger partial charge is 0.277 e. The van der Waals surface area contributed by atoms with Crippen LogP contribution in [0.5, 0.6) is 5.75 Å². The number of carbonyl (C=O) groups is 2. The van der Waals surface area contributed by atoms with Crippen molar-refractivity contribution in [2.45, 2.75) is 25.5 Å². The van der Waals surface area contributed by atoms with Crippen molar-refractivity contribution < 1.29 is 23.8 Å². The molecule has 3 heterocycles. The Morgan fingerprint density at radius 3 is 2.79 bits per heavy atom. The average Bonchev–Trinajstić information content (AvgIpc) is 3.54. The summed E-state index contributed by atoms with van der Waals surface area (Å²) in [6.07, 6.45) is 1.41. The van der Waals surface area contributed by atoms with Crippen LogP contribution in [0.25, 0.3) is 0 Å². The molecule has 2 N–H and O–H groups in total. The van der Waals surface area contributed by atoms with Gasteiger partial charge in [0.15, 0.2) is 11.4 Å². The second kappa shape index (κ2) is 8.03. The van der Waals surface area contributed by atoms with E-state index in [0.29, 0.717) is 19.0 Å². The molecule has 2 aromatic rings. The highest BCUT2D eigenvalue weighted by atomic mass is 35.5. The van der Waals surface area contributed by atoms with Crippen LogP contribution in [0.1, 0.15) is 51.0 Å². The van der Waals surface area contributed by atoms with E-state index < -0.39 is 34.9 Å². The Hall–Kier alpha value is -3.11. The number of rotatable bonds is 6. The topological polar surface area (TPSA) is 104 Å². The van der Waals surface area contributed by atoms with E-state index in [-0.39, 0.29) is 40.8 Å². The molecule has 1 saturated carbocycles. The van der Waals surface area contributed by atoms with Gasteiger partial charge in [0, 0.05) is 25.8 Å². The summed E-state index contributed by atoms with van der Waals surface area (Å²) >= 11 is 5.79. The average molecular weight is 477 g/mol. The molecule has 0 saturated heterocycles. The zero-order valence-electron chi connectivity index (χ0n) is 17.8. The second-order valence-corrected chi connectivity index (χ2v) is 8.93. The number of pyridine rings is 1. The minimum absolute atomic E-state index is 0.0868. The lowest BCUT2D eigenvalue weighted by molar-refractivity contribution is 0.0679. The first-order valence-electron chi connectivity index (χ1n) is 10.6. The maximum absolute atomic E-state index is 14.2. The quantitative estimate of drug-likeness (QED) is 0.658. The number of halogens is 2. The number of hydrogen-bond donors (Lipinski definition) is 2. The fraction of sp³-hybridized carbons (Fsp3) is 0.409. The molecule has 1 aromatic heterocycles. The van der Waals surface area contributed by atoms with Crippen molar-refractivity contribution in [1.29, 1.82) is 0 Å². The van der Waals surface area contributed by atoms with E-state index in [2.05, 4.69) is 5.32 Å². The van der Waals surface area contributed by atoms with E-state index in [1.54, 1.807) is 16.0 Å². The van der Waals surface area contributed by atoms with E-state index in [0.717, 1.165) is 12.8 Å². The number of hydrogen-bond acceptors (Lipinski definition) is 6. The van der Waals surface area contributed by atoms with E-state index in [9.17, 15) is 23.9 Å². The van der Waals surface area contributed by atoms with Crippen LogP contribution in [0.4, 0.5) is 4.39 Å². The standard InChI is InChI=1S/C22H22ClFN4O5/c1-33-14-9-27-10-26(8-11-5-6-11)22(32)18-20(30)19(29)15(17(14)28(18)27)21(31)25-7-12-3-2-4-13(23)16(12)24/h2-4,11,14,30H,5-10H2,1H3,(H,25,31). The van der Waals surface area contributed by atoms with Gasteiger partial charge in [0.2, 0.25) is 5.43 Å². The van der Waals surface area contributed by atoms with Gasteiger partial charge in [-0.3, -0.25) is 19.4 Å². The molecule has 0 bridgehead atoms. The maximum atomic E-state index is 14.2. The van der Waals surface area contributed by atoms with E-state index in [4.69, 9.17) is 16.3 Å². The van der Waals surface area contributed by atoms with Crippen LogP contribution in [0.2, 0.25) is 5.02 Å². The molecule has 11 heteroatoms. The van der Waals surface area contributed by atoms with Gasteiger partial charge < -0.3 is 20.1 Å². The lowest BCUT2D eigenvalue weighted by Crippen LogP contribution is -2.53. The number of aromatic nitrogens is 1. The zero-order chi connectivity index (χ0) is 23.4. The molecule has 1 fully saturated rings. The highest BCUT2D eigenvalue weighted by molar-refractivity contribution is 6.30. The molecule has 0 radical (unpaired) electrons. The summed E-state index contributed by atoms with van der Waals surface area (Å²) in [7, 11) is 1.44. The molecule has 1 atom stereocenters. The predicted molar refractivity (Wildman–Crippen MR) is 116 cm³/mol. The molecule has 174 valence electrons. The number of nitrogens with zero attached hydrogens (tertiary/aromatic N) is 3. The van der Waals surface area contributed by atoms with Gasteiger partial charge in [0.1, 0.15) is 24.2 Å². The third-order valence-electron chi connectivity index (χ3n) is 6.31. The third-order valence-corrected chi connectivity index (χ3v) is 6.60. The molecular formula is C22H22ClFN4O5. The van der Waals surface area contributed by atoms with E-state index >= 15 is 0 Å². The molecule has 1 aliphatic carbocycles. The summed E-state index contributed by atoms with van der Waals surface area (Å²) in [5.74, 6) is -2.30. The summed E-state index contributed by atoms with van der Waals surface area (Å²) in [5.41, 5.74) is -1.13. The molecular weight excluding hydrogens is 455 g/mol. The second-order valence-electron chi connectivity index (χ2n) is 8.52. The van der Waals surface area contributed by atoms with Crippen molar-refractivity contribution >= 4 is 23.4 Å². The Kier molecular flexibility index (Phi) is 5.29. The highest BCUT2D eigenvalue weighted by Crippen LogP contribution is 2.36. The summed E-state index contributed by atoms with van der Waals surface area (Å²) in [5, 5.41) is 14.9. The Balaban J connectivity index is 1.54. The molecule has 3 aliphatic rings. The van der Waals surface area contributed by atoms with Gasteiger partial charge >= 0.3 is 0 Å². The first-order valence-corrected chi connectivity index (χ1v) is 11.0. The van der Waals surface area contributed by atoms with Gasteiger partial charge in [0.25, 0.3) is 11.8 Å². The van der Waals surface area contributed by atoms with E-state index in [1.807, 2.05) is 0 Å². The highest BCUT2D eigenvalue weighted by Gasteiger charge is 2.45. The Labute approximate surface area is 193 Å². The van der Waals surface area contributed by atoms with Crippen molar-refractivity contribution in [1.82, 2.24) is 14.9 Å². The van der Waals surface area contributed by atoms with Crippen LogP contribution < -0.4 is 15.8 Å². The van der Waals surface area contributed by atoms with Gasteiger partial charge in [-0.25, -0.2) is 9.07 Å². The van der Waals surface area contributed by atoms with Crippen molar-refractivity contribution in [2.75, 3.05) is 31.9 Å². The normalized spacial score (nSPS) is 19.1. The zero-order valence-corrected chi connectivity index (χ0v) is 18.6. The number of aromatic hydroxyl groups is 1. The van der Waals surface area contributed by atoms with Gasteiger partial charge in [-0.15, -0.1) is 0 Å². The lowest BCUT2D eigenvalue weighted by atomic mass is 10.1. The number of amides is 2. The predicted octanol–water partition coefficient (Wildman–Crippen LogP) is 1.74. The van der Waals surface area contributed by atoms with Crippen LogP contribution in [-0.4, -0.2) is 53.4 Å². The molecule has 0 spiro atoms. The number of carbonyl (C=O) groups excluding carboxylic acids is 2. The fourth-order valence-corrected chi connectivity index (χ4v) is 4.64. The van der Waals surface area contributed by atoms with Gasteiger partial charge in [-0.1, -0.05) is 23.7 Å². The van der Waals surface area contributed by atoms with Crippen LogP contribution in [0, 0.1) is 11.7 Å². The van der Waals surface area contributed by atoms with Crippen LogP contribution in [-0.2, 0) is 11.3 Å². The molecule has 2 aliphatic heterocycles. The molecule has 33 heavy (non-hydrogen) atoms. The SMILES string of the molecule is COC1CN2CN(CC3CC3)C(=O)c3c(O)c(=O)c(C(=O)NCc4cccc(Cl)c4F)c1n32. The molecule has 2 amide bonds. The summed E-state index contributed by atoms with van der Waals surface area (Å²) in [4.78, 5) is 40.9. The van der Waals surface area contributed by atoms with Crippen molar-refractivity contribution in [3.8, 4) is 5.75 Å². The summed E-state index contributed by atoms with van der Waals surface area (Å²) in [6.45, 7) is 0.877. The number of methoxy groups -OCH3 is 1. The Morgan fingerprint density at radius 1 is 1.33 bits per heavy atom. The lowest BCUT2D eigenvalue weighted by Gasteiger charge is -2.37. The largest absolute Gasteiger partial charge is 0.502 e. The van der Waals surface area contributed by atoms with Gasteiger partial charge in [-0.2, -0.15) is 0 Å². The van der Waals surface area contributed by atoms with Gasteiger partial charge in [0.05, 0.1) is 17.3 Å². The molecule has 9 nitrogen and oxygen atoms in total. The molecule has 5 rings (SSSR count). The van der Waals surface area contributed by atoms with Crippen LogP contribution in [0.3, 0.4) is 0 Å². The number of nitrogens with one attached hydrogen (secondary N) is 1. The van der Waals surface area contributed by atoms with Crippen molar-refractivity contribution in [3.05, 3.63) is 61.8 Å². The Bertz CT molecular complexity index is 1230. The maximum Gasteiger partial charge on any atom is 0.277 e. The molecule has 1 unspecified atom stereocenters. The minimum Gasteiger partial charge on any atom is -0.502 e.